The minimum atomic E-state index is 0. The topological polar surface area (TPSA) is 53.4 Å². The first kappa shape index (κ1) is 41.8. The minimum Gasteiger partial charge on any atom is -0.512 e. The Balaban J connectivity index is 0.000000335. The van der Waals surface area contributed by atoms with Gasteiger partial charge in [0.05, 0.1) is 5.76 Å². The third kappa shape index (κ3) is 8.71. The number of allylic oxidation sites excluding steroid dienone is 2. The van der Waals surface area contributed by atoms with Gasteiger partial charge in [-0.2, -0.15) is 0 Å². The zero-order valence-corrected chi connectivity index (χ0v) is 35.7. The van der Waals surface area contributed by atoms with Crippen molar-refractivity contribution in [3.05, 3.63) is 120 Å². The fourth-order valence-electron chi connectivity index (χ4n) is 7.89. The first-order valence-corrected chi connectivity index (χ1v) is 19.1. The van der Waals surface area contributed by atoms with Gasteiger partial charge < -0.3 is 9.92 Å². The van der Waals surface area contributed by atoms with E-state index < -0.39 is 0 Å². The molecule has 0 saturated carbocycles. The Kier molecular flexibility index (Phi) is 14.1. The number of aliphatic hydroxyl groups is 1. The first-order valence-electron chi connectivity index (χ1n) is 19.1. The van der Waals surface area contributed by atoms with Crippen molar-refractivity contribution in [2.75, 3.05) is 11.9 Å². The summed E-state index contributed by atoms with van der Waals surface area (Å²) in [5, 5.41) is 12.2. The molecule has 0 bridgehead atoms. The van der Waals surface area contributed by atoms with Crippen LogP contribution < -0.4 is 15.7 Å². The van der Waals surface area contributed by atoms with Crippen molar-refractivity contribution < 1.29 is 30.0 Å². The van der Waals surface area contributed by atoms with Crippen molar-refractivity contribution in [1.82, 2.24) is 4.98 Å². The Morgan fingerprint density at radius 3 is 2.09 bits per heavy atom. The number of nitrogens with zero attached hydrogens (tertiary/aromatic N) is 2. The van der Waals surface area contributed by atoms with E-state index in [4.69, 9.17) is 4.98 Å². The number of aromatic nitrogens is 1. The van der Waals surface area contributed by atoms with Gasteiger partial charge in [-0.3, -0.25) is 9.78 Å². The van der Waals surface area contributed by atoms with Gasteiger partial charge in [0.25, 0.3) is 0 Å². The number of fused-ring (bicyclic) bond motifs is 4. The molecule has 6 heteroatoms. The van der Waals surface area contributed by atoms with E-state index in [0.29, 0.717) is 0 Å². The molecule has 0 atom stereocenters. The van der Waals surface area contributed by atoms with E-state index in [2.05, 4.69) is 131 Å². The zero-order valence-electron chi connectivity index (χ0n) is 33.3. The van der Waals surface area contributed by atoms with Crippen molar-refractivity contribution >= 4 is 40.0 Å². The maximum Gasteiger partial charge on any atom is 0.324 e. The van der Waals surface area contributed by atoms with Crippen LogP contribution in [0.4, 0.5) is 5.69 Å². The second kappa shape index (κ2) is 17.9. The number of benzene rings is 4. The first-order chi connectivity index (χ1) is 24.9. The third-order valence-corrected chi connectivity index (χ3v) is 11.0. The predicted octanol–water partition coefficient (Wildman–Crippen LogP) is 10.7. The molecule has 2 heterocycles. The van der Waals surface area contributed by atoms with E-state index in [1.807, 2.05) is 33.9 Å². The number of rotatable bonds is 9. The number of pyridine rings is 1. The quantitative estimate of drug-likeness (QED) is 0.0694. The second-order valence-corrected chi connectivity index (χ2v) is 15.4. The van der Waals surface area contributed by atoms with Gasteiger partial charge in [-0.05, 0) is 80.1 Å². The van der Waals surface area contributed by atoms with E-state index in [-0.39, 0.29) is 55.7 Å². The summed E-state index contributed by atoms with van der Waals surface area (Å²) >= 11 is 0. The van der Waals surface area contributed by atoms with E-state index in [9.17, 15) is 9.90 Å². The Labute approximate surface area is 332 Å². The number of anilines is 1. The molecule has 0 saturated heterocycles. The number of hydrogen-bond acceptors (Lipinski definition) is 4. The number of aryl methyl sites for hydroxylation is 2. The average molecular weight is 884 g/mol. The van der Waals surface area contributed by atoms with Crippen LogP contribution in [0.2, 0.25) is 0 Å². The van der Waals surface area contributed by atoms with Crippen molar-refractivity contribution in [3.63, 3.8) is 0 Å². The van der Waals surface area contributed by atoms with Gasteiger partial charge in [0.1, 0.15) is 0 Å². The standard InChI is InChI=1S/C34H32BN2.C13H24O2.Ir/c1-22-12-11-13-23(2)32(22)35-29-17-10-9-16-27(29)31-30(37(35)6)18-19-36-33(31)25-20-24-14-7-8-15-26(24)28(21-25)34(3,4)5;1-5-10(6-2)12(14)9-13(15)11(7-3)8-4;/h7-19,21H,1-6H3;9-11,14H,5-8H2,1-4H3;/q-1;;/b;12-9-;. The SMILES string of the molecule is CCC(CC)C(=O)/C=C(\O)C(CC)CC.Cc1cccc(C)c1B1c2ccccc2-c2c(ccnc2-c2[c-]c3ccccc3c(C(C)(C)C)c2)N1C.[Ir]. The van der Waals surface area contributed by atoms with Gasteiger partial charge in [-0.1, -0.05) is 131 Å². The van der Waals surface area contributed by atoms with E-state index in [0.717, 1.165) is 42.3 Å². The van der Waals surface area contributed by atoms with Crippen molar-refractivity contribution in [1.29, 1.82) is 0 Å². The maximum absolute atomic E-state index is 11.7. The van der Waals surface area contributed by atoms with Crippen LogP contribution >= 0.6 is 0 Å². The summed E-state index contributed by atoms with van der Waals surface area (Å²) < 4.78 is 0. The molecule has 0 spiro atoms. The molecule has 1 aliphatic rings. The van der Waals surface area contributed by atoms with Crippen LogP contribution in [0.3, 0.4) is 0 Å². The molecular weight excluding hydrogens is 828 g/mol. The van der Waals surface area contributed by atoms with Gasteiger partial charge in [0.15, 0.2) is 5.78 Å². The molecule has 0 aliphatic carbocycles. The predicted molar refractivity (Wildman–Crippen MR) is 223 cm³/mol. The van der Waals surface area contributed by atoms with Crippen LogP contribution in [0, 0.1) is 31.7 Å². The van der Waals surface area contributed by atoms with Crippen molar-refractivity contribution in [2.45, 2.75) is 93.4 Å². The molecule has 279 valence electrons. The van der Waals surface area contributed by atoms with Gasteiger partial charge in [0, 0.05) is 55.6 Å². The van der Waals surface area contributed by atoms with E-state index in [1.54, 1.807) is 0 Å². The third-order valence-electron chi connectivity index (χ3n) is 11.0. The number of aliphatic hydroxyl groups excluding tert-OH is 1. The minimum absolute atomic E-state index is 0. The molecule has 4 nitrogen and oxygen atoms in total. The molecule has 0 unspecified atom stereocenters. The molecule has 0 amide bonds. The smallest absolute Gasteiger partial charge is 0.324 e. The monoisotopic (exact) mass is 884 g/mol. The molecule has 1 aromatic heterocycles. The maximum atomic E-state index is 11.7. The van der Waals surface area contributed by atoms with Gasteiger partial charge >= 0.3 is 6.85 Å². The summed E-state index contributed by atoms with van der Waals surface area (Å²) in [7, 11) is 2.22. The summed E-state index contributed by atoms with van der Waals surface area (Å²) in [5.41, 5.74) is 12.4. The normalized spacial score (nSPS) is 12.6. The van der Waals surface area contributed by atoms with Crippen LogP contribution in [0.25, 0.3) is 33.2 Å². The molecule has 0 fully saturated rings. The number of carbonyl (C=O) groups is 1. The van der Waals surface area contributed by atoms with Crippen LogP contribution in [0.5, 0.6) is 0 Å². The Bertz CT molecular complexity index is 2050. The summed E-state index contributed by atoms with van der Waals surface area (Å²) in [6, 6.07) is 32.3. The van der Waals surface area contributed by atoms with Crippen molar-refractivity contribution in [2.24, 2.45) is 11.8 Å². The van der Waals surface area contributed by atoms with E-state index >= 15 is 0 Å². The van der Waals surface area contributed by atoms with Crippen LogP contribution in [0.15, 0.2) is 96.9 Å². The second-order valence-electron chi connectivity index (χ2n) is 15.4. The van der Waals surface area contributed by atoms with Gasteiger partial charge in [-0.15, -0.1) is 29.1 Å². The van der Waals surface area contributed by atoms with Crippen LogP contribution in [-0.4, -0.2) is 29.8 Å². The van der Waals surface area contributed by atoms with Gasteiger partial charge in [0.2, 0.25) is 0 Å². The molecule has 5 aromatic rings. The largest absolute Gasteiger partial charge is 0.512 e. The Morgan fingerprint density at radius 2 is 1.47 bits per heavy atom. The van der Waals surface area contributed by atoms with Crippen LogP contribution in [0.1, 0.15) is 90.8 Å². The zero-order chi connectivity index (χ0) is 37.7. The van der Waals surface area contributed by atoms with Crippen molar-refractivity contribution in [3.8, 4) is 22.4 Å². The molecular formula is C47H56BIrN2O2-. The molecule has 53 heavy (non-hydrogen) atoms. The van der Waals surface area contributed by atoms with Gasteiger partial charge in [-0.25, -0.2) is 0 Å². The molecule has 6 rings (SSSR count). The molecule has 1 aliphatic heterocycles. The Morgan fingerprint density at radius 1 is 0.868 bits per heavy atom. The number of carbonyl (C=O) groups excluding carboxylic acids is 1. The summed E-state index contributed by atoms with van der Waals surface area (Å²) in [6.45, 7) is 19.5. The van der Waals surface area contributed by atoms with Crippen LogP contribution in [-0.2, 0) is 30.3 Å². The molecule has 1 N–H and O–H groups in total. The summed E-state index contributed by atoms with van der Waals surface area (Å²) in [5.74, 6) is 0.547. The number of ketones is 1. The summed E-state index contributed by atoms with van der Waals surface area (Å²) in [4.78, 5) is 19.2. The molecule has 4 aromatic carbocycles. The fraction of sp³-hybridized carbons (Fsp3) is 0.362. The Hall–Kier alpha value is -3.99. The van der Waals surface area contributed by atoms with E-state index in [1.165, 1.54) is 55.9 Å². The number of hydrogen-bond donors (Lipinski definition) is 1. The molecule has 1 radical (unpaired) electrons. The fourth-order valence-corrected chi connectivity index (χ4v) is 7.89. The summed E-state index contributed by atoms with van der Waals surface area (Å²) in [6.07, 6.45) is 6.86. The average Bonchev–Trinajstić information content (AvgIpc) is 3.13.